The van der Waals surface area contributed by atoms with Gasteiger partial charge in [-0.05, 0) is 19.8 Å². The first-order valence-electron chi connectivity index (χ1n) is 5.89. The molecule has 1 heterocycles. The third-order valence-corrected chi connectivity index (χ3v) is 3.26. The third-order valence-electron chi connectivity index (χ3n) is 3.26. The van der Waals surface area contributed by atoms with Crippen LogP contribution in [0.1, 0.15) is 41.9 Å². The summed E-state index contributed by atoms with van der Waals surface area (Å²) in [5, 5.41) is 19.1. The number of carbonyl (C=O) groups is 1. The van der Waals surface area contributed by atoms with Gasteiger partial charge in [-0.1, -0.05) is 12.8 Å². The summed E-state index contributed by atoms with van der Waals surface area (Å²) < 4.78 is 0. The van der Waals surface area contributed by atoms with Crippen molar-refractivity contribution in [3.05, 3.63) is 11.4 Å². The Kier molecular flexibility index (Phi) is 3.33. The van der Waals surface area contributed by atoms with E-state index in [2.05, 4.69) is 15.5 Å². The highest BCUT2D eigenvalue weighted by molar-refractivity contribution is 5.97. The lowest BCUT2D eigenvalue weighted by atomic mass is 9.92. The van der Waals surface area contributed by atoms with Crippen LogP contribution in [0.25, 0.3) is 0 Å². The Morgan fingerprint density at radius 1 is 1.53 bits per heavy atom. The number of hydrogen-bond acceptors (Lipinski definition) is 4. The van der Waals surface area contributed by atoms with Gasteiger partial charge in [-0.3, -0.25) is 9.89 Å². The van der Waals surface area contributed by atoms with E-state index in [0.29, 0.717) is 11.4 Å². The Morgan fingerprint density at radius 3 is 2.82 bits per heavy atom. The molecule has 6 nitrogen and oxygen atoms in total. The van der Waals surface area contributed by atoms with E-state index in [0.717, 1.165) is 25.7 Å². The molecule has 1 aliphatic rings. The van der Waals surface area contributed by atoms with E-state index in [1.807, 2.05) is 0 Å². The van der Waals surface area contributed by atoms with Gasteiger partial charge in [0.15, 0.2) is 5.69 Å². The second-order valence-electron chi connectivity index (χ2n) is 4.54. The molecule has 0 unspecified atom stereocenters. The smallest absolute Gasteiger partial charge is 0.274 e. The topological polar surface area (TPSA) is 104 Å². The number of nitrogens with one attached hydrogen (secondary N) is 2. The molecule has 1 fully saturated rings. The van der Waals surface area contributed by atoms with Crippen LogP contribution in [-0.4, -0.2) is 33.4 Å². The molecule has 0 aromatic carbocycles. The third kappa shape index (κ3) is 2.41. The van der Waals surface area contributed by atoms with Crippen molar-refractivity contribution in [2.45, 2.75) is 44.8 Å². The number of hydrogen-bond donors (Lipinski definition) is 4. The second kappa shape index (κ2) is 4.75. The van der Waals surface area contributed by atoms with E-state index in [9.17, 15) is 9.90 Å². The molecule has 1 aliphatic carbocycles. The molecule has 0 saturated heterocycles. The largest absolute Gasteiger partial charge is 0.395 e. The van der Waals surface area contributed by atoms with Crippen LogP contribution < -0.4 is 11.1 Å². The first-order chi connectivity index (χ1) is 8.09. The van der Waals surface area contributed by atoms with Crippen LogP contribution in [0.5, 0.6) is 0 Å². The molecule has 2 rings (SSSR count). The van der Waals surface area contributed by atoms with E-state index in [1.165, 1.54) is 0 Å². The molecule has 0 spiro atoms. The number of anilines is 1. The van der Waals surface area contributed by atoms with Crippen molar-refractivity contribution in [3.8, 4) is 0 Å². The van der Waals surface area contributed by atoms with E-state index in [-0.39, 0.29) is 17.6 Å². The molecular weight excluding hydrogens is 220 g/mol. The molecule has 17 heavy (non-hydrogen) atoms. The maximum absolute atomic E-state index is 11.9. The van der Waals surface area contributed by atoms with Crippen molar-refractivity contribution in [2.24, 2.45) is 0 Å². The minimum atomic E-state index is -0.464. The summed E-state index contributed by atoms with van der Waals surface area (Å²) in [6.45, 7) is 1.76. The van der Waals surface area contributed by atoms with Gasteiger partial charge < -0.3 is 16.2 Å². The van der Waals surface area contributed by atoms with Crippen molar-refractivity contribution < 1.29 is 9.90 Å². The zero-order chi connectivity index (χ0) is 12.4. The van der Waals surface area contributed by atoms with Crippen LogP contribution in [0.4, 0.5) is 5.69 Å². The van der Waals surface area contributed by atoms with Crippen molar-refractivity contribution >= 4 is 11.6 Å². The lowest BCUT2D eigenvalue weighted by Gasteiger charge is -2.28. The number of H-pyrrole nitrogens is 1. The number of aryl methyl sites for hydroxylation is 1. The molecule has 1 aromatic rings. The predicted octanol–water partition coefficient (Wildman–Crippen LogP) is 0.334. The Labute approximate surface area is 99.6 Å². The lowest BCUT2D eigenvalue weighted by Crippen LogP contribution is -2.45. The first-order valence-corrected chi connectivity index (χ1v) is 5.89. The Bertz CT molecular complexity index is 416. The standard InChI is InChI=1S/C11H18N4O2/c1-6-9(12)10(15-14-6)11(17)13-7-4-2-3-5-8(7)16/h7-8,16H,2-5,12H2,1H3,(H,13,17)(H,14,15)/t7-,8-/m0/s1. The zero-order valence-electron chi connectivity index (χ0n) is 9.86. The monoisotopic (exact) mass is 238 g/mol. The van der Waals surface area contributed by atoms with Gasteiger partial charge in [0.1, 0.15) is 0 Å². The van der Waals surface area contributed by atoms with Crippen LogP contribution in [0.15, 0.2) is 0 Å². The maximum Gasteiger partial charge on any atom is 0.274 e. The van der Waals surface area contributed by atoms with Gasteiger partial charge in [0.2, 0.25) is 0 Å². The van der Waals surface area contributed by atoms with Gasteiger partial charge in [0.05, 0.1) is 23.5 Å². The molecule has 94 valence electrons. The lowest BCUT2D eigenvalue weighted by molar-refractivity contribution is 0.0714. The van der Waals surface area contributed by atoms with Crippen LogP contribution in [-0.2, 0) is 0 Å². The summed E-state index contributed by atoms with van der Waals surface area (Å²) >= 11 is 0. The molecule has 0 bridgehead atoms. The molecule has 1 saturated carbocycles. The summed E-state index contributed by atoms with van der Waals surface area (Å²) in [5.74, 6) is -0.321. The van der Waals surface area contributed by atoms with Gasteiger partial charge in [-0.25, -0.2) is 0 Å². The fourth-order valence-corrected chi connectivity index (χ4v) is 2.13. The zero-order valence-corrected chi connectivity index (χ0v) is 9.86. The second-order valence-corrected chi connectivity index (χ2v) is 4.54. The number of rotatable bonds is 2. The minimum Gasteiger partial charge on any atom is -0.395 e. The highest BCUT2D eigenvalue weighted by Gasteiger charge is 2.26. The molecule has 0 radical (unpaired) electrons. The van der Waals surface area contributed by atoms with Crippen LogP contribution in [0.2, 0.25) is 0 Å². The number of aliphatic hydroxyl groups is 1. The maximum atomic E-state index is 11.9. The Morgan fingerprint density at radius 2 is 2.24 bits per heavy atom. The quantitative estimate of drug-likeness (QED) is 0.596. The molecule has 0 aliphatic heterocycles. The summed E-state index contributed by atoms with van der Waals surface area (Å²) in [6, 6.07) is -0.187. The molecular formula is C11H18N4O2. The number of nitrogens with zero attached hydrogens (tertiary/aromatic N) is 1. The highest BCUT2D eigenvalue weighted by atomic mass is 16.3. The molecule has 2 atom stereocenters. The van der Waals surface area contributed by atoms with E-state index >= 15 is 0 Å². The normalized spacial score (nSPS) is 24.6. The molecule has 1 amide bonds. The van der Waals surface area contributed by atoms with E-state index in [1.54, 1.807) is 6.92 Å². The van der Waals surface area contributed by atoms with Gasteiger partial charge in [-0.2, -0.15) is 5.10 Å². The molecule has 6 heteroatoms. The Balaban J connectivity index is 2.03. The van der Waals surface area contributed by atoms with Gasteiger partial charge >= 0.3 is 0 Å². The van der Waals surface area contributed by atoms with Crippen LogP contribution >= 0.6 is 0 Å². The number of aliphatic hydroxyl groups excluding tert-OH is 1. The number of amides is 1. The number of nitrogen functional groups attached to an aromatic ring is 1. The van der Waals surface area contributed by atoms with Crippen molar-refractivity contribution in [1.29, 1.82) is 0 Å². The minimum absolute atomic E-state index is 0.187. The average Bonchev–Trinajstić information content (AvgIpc) is 2.63. The summed E-state index contributed by atoms with van der Waals surface area (Å²) in [7, 11) is 0. The number of carbonyl (C=O) groups excluding carboxylic acids is 1. The predicted molar refractivity (Wildman–Crippen MR) is 63.5 cm³/mol. The number of aromatic amines is 1. The average molecular weight is 238 g/mol. The van der Waals surface area contributed by atoms with E-state index in [4.69, 9.17) is 5.73 Å². The van der Waals surface area contributed by atoms with Gasteiger partial charge in [0, 0.05) is 0 Å². The number of aromatic nitrogens is 2. The highest BCUT2D eigenvalue weighted by Crippen LogP contribution is 2.19. The van der Waals surface area contributed by atoms with Crippen LogP contribution in [0.3, 0.4) is 0 Å². The van der Waals surface area contributed by atoms with Crippen molar-refractivity contribution in [2.75, 3.05) is 5.73 Å². The molecule has 1 aromatic heterocycles. The number of nitrogens with two attached hydrogens (primary N) is 1. The van der Waals surface area contributed by atoms with Gasteiger partial charge in [-0.15, -0.1) is 0 Å². The first kappa shape index (κ1) is 11.9. The molecule has 5 N–H and O–H groups in total. The van der Waals surface area contributed by atoms with Crippen LogP contribution in [0, 0.1) is 6.92 Å². The van der Waals surface area contributed by atoms with E-state index < -0.39 is 6.10 Å². The summed E-state index contributed by atoms with van der Waals surface area (Å²) in [5.41, 5.74) is 6.98. The van der Waals surface area contributed by atoms with Gasteiger partial charge in [0.25, 0.3) is 5.91 Å². The Hall–Kier alpha value is -1.56. The van der Waals surface area contributed by atoms with Crippen molar-refractivity contribution in [3.63, 3.8) is 0 Å². The summed E-state index contributed by atoms with van der Waals surface area (Å²) in [6.07, 6.45) is 3.11. The van der Waals surface area contributed by atoms with Crippen molar-refractivity contribution in [1.82, 2.24) is 15.5 Å². The fourth-order valence-electron chi connectivity index (χ4n) is 2.13. The fraction of sp³-hybridized carbons (Fsp3) is 0.636. The summed E-state index contributed by atoms with van der Waals surface area (Å²) in [4.78, 5) is 11.9. The SMILES string of the molecule is Cc1[nH]nc(C(=O)N[C@H]2CCCC[C@@H]2O)c1N.